The molecule has 27 heavy (non-hydrogen) atoms. The molecule has 6 nitrogen and oxygen atoms in total. The fraction of sp³-hybridized carbons (Fsp3) is 0.250. The fourth-order valence-corrected chi connectivity index (χ4v) is 3.03. The maximum atomic E-state index is 12.5. The van der Waals surface area contributed by atoms with Crippen LogP contribution in [0.2, 0.25) is 5.02 Å². The molecule has 1 aliphatic heterocycles. The third kappa shape index (κ3) is 4.86. The number of carbonyl (C=O) groups excluding carboxylic acids is 3. The average molecular weight is 387 g/mol. The molecular weight excluding hydrogens is 368 g/mol. The Morgan fingerprint density at radius 2 is 1.93 bits per heavy atom. The van der Waals surface area contributed by atoms with Crippen molar-refractivity contribution in [3.63, 3.8) is 0 Å². The summed E-state index contributed by atoms with van der Waals surface area (Å²) in [5, 5.41) is 2.97. The van der Waals surface area contributed by atoms with Gasteiger partial charge in [0.1, 0.15) is 13.2 Å². The van der Waals surface area contributed by atoms with Crippen LogP contribution in [0.25, 0.3) is 0 Å². The molecule has 3 rings (SSSR count). The van der Waals surface area contributed by atoms with Crippen molar-refractivity contribution in [1.82, 2.24) is 5.32 Å². The van der Waals surface area contributed by atoms with Gasteiger partial charge in [-0.2, -0.15) is 0 Å². The molecule has 0 aliphatic carbocycles. The van der Waals surface area contributed by atoms with E-state index in [2.05, 4.69) is 5.32 Å². The van der Waals surface area contributed by atoms with E-state index in [9.17, 15) is 14.4 Å². The minimum atomic E-state index is -0.542. The molecule has 1 aliphatic rings. The lowest BCUT2D eigenvalue weighted by atomic mass is 10.1. The van der Waals surface area contributed by atoms with E-state index in [1.807, 2.05) is 30.3 Å². The lowest BCUT2D eigenvalue weighted by Gasteiger charge is -2.19. The summed E-state index contributed by atoms with van der Waals surface area (Å²) in [4.78, 5) is 38.0. The van der Waals surface area contributed by atoms with Crippen molar-refractivity contribution in [2.24, 2.45) is 0 Å². The van der Waals surface area contributed by atoms with Crippen molar-refractivity contribution >= 4 is 35.1 Å². The number of amides is 2. The third-order valence-corrected chi connectivity index (χ3v) is 4.44. The van der Waals surface area contributed by atoms with Gasteiger partial charge in [0.25, 0.3) is 5.91 Å². The van der Waals surface area contributed by atoms with E-state index in [0.29, 0.717) is 29.2 Å². The van der Waals surface area contributed by atoms with E-state index in [4.69, 9.17) is 16.3 Å². The van der Waals surface area contributed by atoms with Crippen LogP contribution in [-0.2, 0) is 20.9 Å². The average Bonchev–Trinajstić information content (AvgIpc) is 3.11. The van der Waals surface area contributed by atoms with Crippen LogP contribution in [0.15, 0.2) is 48.5 Å². The Kier molecular flexibility index (Phi) is 6.08. The van der Waals surface area contributed by atoms with Gasteiger partial charge in [0.2, 0.25) is 5.91 Å². The SMILES string of the molecule is O=C(CNC(=O)c1ccc(Cl)cc1N1CCCC1=O)OCc1ccccc1. The van der Waals surface area contributed by atoms with E-state index in [1.165, 1.54) is 0 Å². The van der Waals surface area contributed by atoms with Gasteiger partial charge >= 0.3 is 5.97 Å². The number of hydrogen-bond donors (Lipinski definition) is 1. The summed E-state index contributed by atoms with van der Waals surface area (Å²) in [6.07, 6.45) is 1.18. The molecule has 1 fully saturated rings. The summed E-state index contributed by atoms with van der Waals surface area (Å²) >= 11 is 6.03. The Bertz CT molecular complexity index is 854. The minimum Gasteiger partial charge on any atom is -0.460 e. The van der Waals surface area contributed by atoms with Crippen LogP contribution in [0.5, 0.6) is 0 Å². The Morgan fingerprint density at radius 3 is 2.63 bits per heavy atom. The van der Waals surface area contributed by atoms with Crippen molar-refractivity contribution in [2.45, 2.75) is 19.4 Å². The number of rotatable bonds is 6. The van der Waals surface area contributed by atoms with Gasteiger partial charge in [-0.1, -0.05) is 41.9 Å². The van der Waals surface area contributed by atoms with E-state index >= 15 is 0 Å². The van der Waals surface area contributed by atoms with Crippen molar-refractivity contribution < 1.29 is 19.1 Å². The molecule has 0 spiro atoms. The number of nitrogens with zero attached hydrogens (tertiary/aromatic N) is 1. The zero-order chi connectivity index (χ0) is 19.2. The molecule has 1 N–H and O–H groups in total. The molecule has 0 bridgehead atoms. The molecular formula is C20H19ClN2O4. The van der Waals surface area contributed by atoms with Crippen molar-refractivity contribution in [3.8, 4) is 0 Å². The van der Waals surface area contributed by atoms with Gasteiger partial charge < -0.3 is 15.0 Å². The molecule has 0 unspecified atom stereocenters. The molecule has 2 aromatic carbocycles. The van der Waals surface area contributed by atoms with Gasteiger partial charge in [-0.3, -0.25) is 14.4 Å². The zero-order valence-corrected chi connectivity index (χ0v) is 15.4. The van der Waals surface area contributed by atoms with Crippen LogP contribution in [0, 0.1) is 0 Å². The van der Waals surface area contributed by atoms with Gasteiger partial charge in [0, 0.05) is 18.0 Å². The predicted octanol–water partition coefficient (Wildman–Crippen LogP) is 2.94. The van der Waals surface area contributed by atoms with Gasteiger partial charge in [-0.05, 0) is 30.2 Å². The molecule has 2 aromatic rings. The molecule has 7 heteroatoms. The highest BCUT2D eigenvalue weighted by molar-refractivity contribution is 6.31. The fourth-order valence-electron chi connectivity index (χ4n) is 2.86. The van der Waals surface area contributed by atoms with E-state index in [-0.39, 0.29) is 19.1 Å². The highest BCUT2D eigenvalue weighted by Crippen LogP contribution is 2.28. The van der Waals surface area contributed by atoms with Crippen LogP contribution < -0.4 is 10.2 Å². The second kappa shape index (κ2) is 8.68. The highest BCUT2D eigenvalue weighted by Gasteiger charge is 2.26. The standard InChI is InChI=1S/C20H19ClN2O4/c21-15-8-9-16(17(11-15)23-10-4-7-18(23)24)20(26)22-12-19(25)27-13-14-5-2-1-3-6-14/h1-3,5-6,8-9,11H,4,7,10,12-13H2,(H,22,26). The predicted molar refractivity (Wildman–Crippen MR) is 102 cm³/mol. The number of carbonyl (C=O) groups is 3. The second-order valence-corrected chi connectivity index (χ2v) is 6.58. The normalized spacial score (nSPS) is 13.5. The van der Waals surface area contributed by atoms with Crippen LogP contribution >= 0.6 is 11.6 Å². The number of ether oxygens (including phenoxy) is 1. The van der Waals surface area contributed by atoms with Crippen molar-refractivity contribution in [1.29, 1.82) is 0 Å². The van der Waals surface area contributed by atoms with Gasteiger partial charge in [-0.25, -0.2) is 0 Å². The molecule has 0 aromatic heterocycles. The highest BCUT2D eigenvalue weighted by atomic mass is 35.5. The van der Waals surface area contributed by atoms with Crippen LogP contribution in [0.1, 0.15) is 28.8 Å². The summed E-state index contributed by atoms with van der Waals surface area (Å²) < 4.78 is 5.14. The maximum absolute atomic E-state index is 12.5. The number of hydrogen-bond acceptors (Lipinski definition) is 4. The summed E-state index contributed by atoms with van der Waals surface area (Å²) in [7, 11) is 0. The number of esters is 1. The Morgan fingerprint density at radius 1 is 1.15 bits per heavy atom. The minimum absolute atomic E-state index is 0.0476. The smallest absolute Gasteiger partial charge is 0.325 e. The molecule has 2 amide bonds. The largest absolute Gasteiger partial charge is 0.460 e. The Hall–Kier alpha value is -2.86. The lowest BCUT2D eigenvalue weighted by molar-refractivity contribution is -0.143. The summed E-state index contributed by atoms with van der Waals surface area (Å²) in [5.74, 6) is -1.05. The van der Waals surface area contributed by atoms with Crippen LogP contribution in [0.3, 0.4) is 0 Å². The van der Waals surface area contributed by atoms with Crippen LogP contribution in [-0.4, -0.2) is 30.9 Å². The number of halogens is 1. The number of nitrogens with one attached hydrogen (secondary N) is 1. The third-order valence-electron chi connectivity index (χ3n) is 4.20. The topological polar surface area (TPSA) is 75.7 Å². The quantitative estimate of drug-likeness (QED) is 0.774. The molecule has 1 saturated heterocycles. The summed E-state index contributed by atoms with van der Waals surface area (Å²) in [6, 6.07) is 14.0. The van der Waals surface area contributed by atoms with Gasteiger partial charge in [0.05, 0.1) is 11.3 Å². The Labute approximate surface area is 162 Å². The molecule has 0 radical (unpaired) electrons. The molecule has 1 heterocycles. The van der Waals surface area contributed by atoms with Gasteiger partial charge in [-0.15, -0.1) is 0 Å². The van der Waals surface area contributed by atoms with Crippen molar-refractivity contribution in [3.05, 3.63) is 64.7 Å². The van der Waals surface area contributed by atoms with Crippen LogP contribution in [0.4, 0.5) is 5.69 Å². The first-order valence-corrected chi connectivity index (χ1v) is 9.00. The molecule has 0 saturated carbocycles. The summed E-state index contributed by atoms with van der Waals surface area (Å²) in [6.45, 7) is 0.421. The first-order valence-electron chi connectivity index (χ1n) is 8.62. The number of benzene rings is 2. The Balaban J connectivity index is 1.61. The molecule has 140 valence electrons. The van der Waals surface area contributed by atoms with E-state index in [0.717, 1.165) is 12.0 Å². The lowest BCUT2D eigenvalue weighted by Crippen LogP contribution is -2.33. The van der Waals surface area contributed by atoms with E-state index < -0.39 is 11.9 Å². The maximum Gasteiger partial charge on any atom is 0.325 e. The van der Waals surface area contributed by atoms with Gasteiger partial charge in [0.15, 0.2) is 0 Å². The first-order chi connectivity index (χ1) is 13.0. The summed E-state index contributed by atoms with van der Waals surface area (Å²) in [5.41, 5.74) is 1.62. The number of anilines is 1. The van der Waals surface area contributed by atoms with Crippen molar-refractivity contribution in [2.75, 3.05) is 18.0 Å². The first kappa shape index (κ1) is 18.9. The molecule has 0 atom stereocenters. The zero-order valence-electron chi connectivity index (χ0n) is 14.6. The second-order valence-electron chi connectivity index (χ2n) is 6.14. The monoisotopic (exact) mass is 386 g/mol. The van der Waals surface area contributed by atoms with E-state index in [1.54, 1.807) is 23.1 Å².